The van der Waals surface area contributed by atoms with Crippen LogP contribution in [0.25, 0.3) is 10.9 Å². The molecule has 1 atom stereocenters. The van der Waals surface area contributed by atoms with Gasteiger partial charge in [0.05, 0.1) is 12.7 Å². The van der Waals surface area contributed by atoms with Crippen LogP contribution in [0.15, 0.2) is 30.5 Å². The summed E-state index contributed by atoms with van der Waals surface area (Å²) in [5, 5.41) is 7.12. The number of morpholine rings is 1. The molecule has 100 valence electrons. The number of carbonyl (C=O) groups is 1. The third-order valence-corrected chi connectivity index (χ3v) is 3.33. The van der Waals surface area contributed by atoms with Crippen molar-refractivity contribution in [1.82, 2.24) is 15.6 Å². The predicted octanol–water partition coefficient (Wildman–Crippen LogP) is 0.886. The zero-order valence-electron chi connectivity index (χ0n) is 10.6. The summed E-state index contributed by atoms with van der Waals surface area (Å²) in [6, 6.07) is 7.60. The van der Waals surface area contributed by atoms with Gasteiger partial charge in [0.1, 0.15) is 0 Å². The molecule has 3 rings (SSSR count). The van der Waals surface area contributed by atoms with Gasteiger partial charge < -0.3 is 20.4 Å². The van der Waals surface area contributed by atoms with Gasteiger partial charge in [-0.25, -0.2) is 0 Å². The van der Waals surface area contributed by atoms with Gasteiger partial charge in [0.2, 0.25) is 0 Å². The second-order valence-electron chi connectivity index (χ2n) is 4.65. The Bertz CT molecular complexity index is 573. The Morgan fingerprint density at radius 2 is 2.37 bits per heavy atom. The lowest BCUT2D eigenvalue weighted by Crippen LogP contribution is -2.45. The summed E-state index contributed by atoms with van der Waals surface area (Å²) in [7, 11) is 0. The Hall–Kier alpha value is -1.85. The molecule has 1 unspecified atom stereocenters. The van der Waals surface area contributed by atoms with Crippen molar-refractivity contribution in [1.29, 1.82) is 0 Å². The number of rotatable bonds is 3. The molecule has 1 fully saturated rings. The van der Waals surface area contributed by atoms with Gasteiger partial charge in [-0.1, -0.05) is 6.07 Å². The van der Waals surface area contributed by atoms with Crippen molar-refractivity contribution in [3.8, 4) is 0 Å². The van der Waals surface area contributed by atoms with E-state index in [9.17, 15) is 4.79 Å². The van der Waals surface area contributed by atoms with E-state index in [1.165, 1.54) is 0 Å². The number of aromatic amines is 1. The molecule has 3 N–H and O–H groups in total. The first-order valence-corrected chi connectivity index (χ1v) is 6.51. The van der Waals surface area contributed by atoms with Gasteiger partial charge in [-0.3, -0.25) is 4.79 Å². The maximum absolute atomic E-state index is 12.2. The van der Waals surface area contributed by atoms with Crippen LogP contribution < -0.4 is 10.6 Å². The quantitative estimate of drug-likeness (QED) is 0.767. The maximum Gasteiger partial charge on any atom is 0.252 e. The number of ether oxygens (including phenoxy) is 1. The molecule has 0 radical (unpaired) electrons. The predicted molar refractivity (Wildman–Crippen MR) is 73.2 cm³/mol. The third kappa shape index (κ3) is 2.62. The molecule has 0 bridgehead atoms. The normalized spacial score (nSPS) is 19.5. The number of fused-ring (bicyclic) bond motifs is 1. The van der Waals surface area contributed by atoms with Gasteiger partial charge in [-0.2, -0.15) is 0 Å². The Morgan fingerprint density at radius 1 is 1.42 bits per heavy atom. The largest absolute Gasteiger partial charge is 0.374 e. The number of benzene rings is 1. The SMILES string of the molecule is O=C(NCC1CNCCO1)c1cccc2[nH]ccc12. The lowest BCUT2D eigenvalue weighted by atomic mass is 10.1. The van der Waals surface area contributed by atoms with E-state index in [-0.39, 0.29) is 12.0 Å². The highest BCUT2D eigenvalue weighted by molar-refractivity contribution is 6.06. The maximum atomic E-state index is 12.2. The van der Waals surface area contributed by atoms with E-state index >= 15 is 0 Å². The van der Waals surface area contributed by atoms with Crippen LogP contribution in [0.4, 0.5) is 0 Å². The van der Waals surface area contributed by atoms with Crippen LogP contribution in [-0.4, -0.2) is 43.2 Å². The molecule has 1 aliphatic heterocycles. The molecule has 0 saturated carbocycles. The molecule has 1 amide bonds. The number of nitrogens with one attached hydrogen (secondary N) is 3. The summed E-state index contributed by atoms with van der Waals surface area (Å²) in [5.74, 6) is -0.0561. The van der Waals surface area contributed by atoms with Crippen LogP contribution in [0.2, 0.25) is 0 Å². The molecule has 1 aromatic carbocycles. The summed E-state index contributed by atoms with van der Waals surface area (Å²) in [5.41, 5.74) is 1.67. The fourth-order valence-electron chi connectivity index (χ4n) is 2.34. The Balaban J connectivity index is 1.68. The standard InChI is InChI=1S/C14H17N3O2/c18-14(17-9-10-8-15-6-7-19-10)12-2-1-3-13-11(12)4-5-16-13/h1-5,10,15-16H,6-9H2,(H,17,18). The molecule has 1 aromatic heterocycles. The minimum atomic E-state index is -0.0561. The van der Waals surface area contributed by atoms with Gasteiger partial charge >= 0.3 is 0 Å². The fraction of sp³-hybridized carbons (Fsp3) is 0.357. The van der Waals surface area contributed by atoms with Crippen LogP contribution >= 0.6 is 0 Å². The Labute approximate surface area is 111 Å². The number of hydrogen-bond donors (Lipinski definition) is 3. The first kappa shape index (κ1) is 12.2. The summed E-state index contributed by atoms with van der Waals surface area (Å²) in [4.78, 5) is 15.3. The van der Waals surface area contributed by atoms with Crippen molar-refractivity contribution in [2.75, 3.05) is 26.2 Å². The Kier molecular flexibility index (Phi) is 3.48. The van der Waals surface area contributed by atoms with Crippen molar-refractivity contribution in [3.05, 3.63) is 36.0 Å². The van der Waals surface area contributed by atoms with Crippen molar-refractivity contribution < 1.29 is 9.53 Å². The van der Waals surface area contributed by atoms with E-state index < -0.39 is 0 Å². The van der Waals surface area contributed by atoms with Crippen molar-refractivity contribution in [2.45, 2.75) is 6.10 Å². The van der Waals surface area contributed by atoms with Gasteiger partial charge in [0.25, 0.3) is 5.91 Å². The van der Waals surface area contributed by atoms with E-state index in [1.54, 1.807) is 0 Å². The van der Waals surface area contributed by atoms with Crippen LogP contribution in [0, 0.1) is 0 Å². The molecule has 0 spiro atoms. The van der Waals surface area contributed by atoms with Gasteiger partial charge in [0, 0.05) is 42.3 Å². The molecule has 19 heavy (non-hydrogen) atoms. The fourth-order valence-corrected chi connectivity index (χ4v) is 2.34. The molecular weight excluding hydrogens is 242 g/mol. The summed E-state index contributed by atoms with van der Waals surface area (Å²) >= 11 is 0. The van der Waals surface area contributed by atoms with E-state index in [1.807, 2.05) is 30.5 Å². The lowest BCUT2D eigenvalue weighted by molar-refractivity contribution is 0.0287. The van der Waals surface area contributed by atoms with Crippen LogP contribution in [0.3, 0.4) is 0 Å². The number of amides is 1. The lowest BCUT2D eigenvalue weighted by Gasteiger charge is -2.23. The van der Waals surface area contributed by atoms with E-state index in [2.05, 4.69) is 15.6 Å². The first-order chi connectivity index (χ1) is 9.34. The minimum Gasteiger partial charge on any atom is -0.374 e. The topological polar surface area (TPSA) is 66.2 Å². The molecule has 1 saturated heterocycles. The first-order valence-electron chi connectivity index (χ1n) is 6.51. The summed E-state index contributed by atoms with van der Waals surface area (Å²) < 4.78 is 5.55. The average Bonchev–Trinajstić information content (AvgIpc) is 2.94. The summed E-state index contributed by atoms with van der Waals surface area (Å²) in [6.45, 7) is 2.91. The highest BCUT2D eigenvalue weighted by Gasteiger charge is 2.16. The number of H-pyrrole nitrogens is 1. The van der Waals surface area contributed by atoms with E-state index in [0.29, 0.717) is 18.7 Å². The smallest absolute Gasteiger partial charge is 0.252 e. The third-order valence-electron chi connectivity index (χ3n) is 3.33. The molecular formula is C14H17N3O2. The second-order valence-corrected chi connectivity index (χ2v) is 4.65. The molecule has 2 heterocycles. The second kappa shape index (κ2) is 5.42. The highest BCUT2D eigenvalue weighted by atomic mass is 16.5. The van der Waals surface area contributed by atoms with Gasteiger partial charge in [-0.15, -0.1) is 0 Å². The van der Waals surface area contributed by atoms with E-state index in [4.69, 9.17) is 4.74 Å². The van der Waals surface area contributed by atoms with Crippen LogP contribution in [-0.2, 0) is 4.74 Å². The molecule has 5 nitrogen and oxygen atoms in total. The van der Waals surface area contributed by atoms with Crippen LogP contribution in [0.1, 0.15) is 10.4 Å². The highest BCUT2D eigenvalue weighted by Crippen LogP contribution is 2.17. The van der Waals surface area contributed by atoms with Crippen molar-refractivity contribution in [2.24, 2.45) is 0 Å². The zero-order chi connectivity index (χ0) is 13.1. The van der Waals surface area contributed by atoms with Crippen LogP contribution in [0.5, 0.6) is 0 Å². The zero-order valence-corrected chi connectivity index (χ0v) is 10.6. The number of aromatic nitrogens is 1. The van der Waals surface area contributed by atoms with Crippen molar-refractivity contribution in [3.63, 3.8) is 0 Å². The minimum absolute atomic E-state index is 0.0561. The monoisotopic (exact) mass is 259 g/mol. The van der Waals surface area contributed by atoms with Gasteiger partial charge in [-0.05, 0) is 18.2 Å². The molecule has 2 aromatic rings. The number of hydrogen-bond acceptors (Lipinski definition) is 3. The Morgan fingerprint density at radius 3 is 3.21 bits per heavy atom. The molecule has 0 aliphatic carbocycles. The molecule has 5 heteroatoms. The van der Waals surface area contributed by atoms with Gasteiger partial charge in [0.15, 0.2) is 0 Å². The van der Waals surface area contributed by atoms with E-state index in [0.717, 1.165) is 24.0 Å². The molecule has 1 aliphatic rings. The van der Waals surface area contributed by atoms with Crippen molar-refractivity contribution >= 4 is 16.8 Å². The number of carbonyl (C=O) groups excluding carboxylic acids is 1. The average molecular weight is 259 g/mol. The summed E-state index contributed by atoms with van der Waals surface area (Å²) in [6.07, 6.45) is 1.90.